The van der Waals surface area contributed by atoms with Crippen LogP contribution in [-0.4, -0.2) is 13.0 Å². The molecule has 0 bridgehead atoms. The maximum absolute atomic E-state index is 10.4. The van der Waals surface area contributed by atoms with Gasteiger partial charge in [0.25, 0.3) is 10.1 Å². The lowest BCUT2D eigenvalue weighted by Gasteiger charge is -2.22. The fourth-order valence-corrected chi connectivity index (χ4v) is 2.94. The minimum Gasteiger partial charge on any atom is -0.282 e. The molecule has 0 aromatic heterocycles. The summed E-state index contributed by atoms with van der Waals surface area (Å²) in [6.45, 7) is 0. The van der Waals surface area contributed by atoms with Gasteiger partial charge in [-0.3, -0.25) is 4.55 Å². The highest BCUT2D eigenvalue weighted by Crippen LogP contribution is 2.46. The highest BCUT2D eigenvalue weighted by atomic mass is 127. The minimum absolute atomic E-state index is 0. The summed E-state index contributed by atoms with van der Waals surface area (Å²) in [7, 11) is -4.00. The van der Waals surface area contributed by atoms with Gasteiger partial charge >= 0.3 is 0 Å². The average Bonchev–Trinajstić information content (AvgIpc) is 2.53. The van der Waals surface area contributed by atoms with Gasteiger partial charge in [-0.05, 0) is 34.4 Å². The van der Waals surface area contributed by atoms with E-state index in [0.29, 0.717) is 0 Å². The lowest BCUT2D eigenvalue weighted by Crippen LogP contribution is -1.96. The van der Waals surface area contributed by atoms with Crippen LogP contribution in [0.15, 0.2) is 83.8 Å². The second-order valence-corrected chi connectivity index (χ2v) is 6.30. The van der Waals surface area contributed by atoms with Crippen molar-refractivity contribution in [3.05, 3.63) is 78.9 Å². The van der Waals surface area contributed by atoms with Gasteiger partial charge in [0.05, 0.1) is 4.90 Å². The molecule has 0 unspecified atom stereocenters. The quantitative estimate of drug-likeness (QED) is 0.340. The number of halogens is 1. The van der Waals surface area contributed by atoms with Crippen LogP contribution in [0.5, 0.6) is 0 Å². The smallest absolute Gasteiger partial charge is 0.282 e. The van der Waals surface area contributed by atoms with Crippen molar-refractivity contribution in [2.24, 2.45) is 0 Å². The molecular weight excluding hydrogens is 423 g/mol. The Labute approximate surface area is 152 Å². The van der Waals surface area contributed by atoms with Gasteiger partial charge in [0.2, 0.25) is 0 Å². The first-order chi connectivity index (χ1) is 10.6. The Balaban J connectivity index is 0.000000163. The van der Waals surface area contributed by atoms with E-state index in [1.807, 2.05) is 0 Å². The Kier molecular flexibility index (Phi) is 5.56. The van der Waals surface area contributed by atoms with E-state index in [-0.39, 0.29) is 28.9 Å². The first-order valence-electron chi connectivity index (χ1n) is 6.79. The van der Waals surface area contributed by atoms with Crippen LogP contribution in [0.25, 0.3) is 22.3 Å². The van der Waals surface area contributed by atoms with Crippen molar-refractivity contribution in [1.82, 2.24) is 0 Å². The Bertz CT molecular complexity index is 806. The van der Waals surface area contributed by atoms with Crippen LogP contribution < -0.4 is 0 Å². The SMILES string of the molecule is I.O=S(=O)(O)c1ccccc1.c1ccc2c(c1)-c1ccccc1-2. The number of rotatable bonds is 1. The first kappa shape index (κ1) is 17.7. The zero-order valence-corrected chi connectivity index (χ0v) is 15.2. The van der Waals surface area contributed by atoms with Gasteiger partial charge in [0, 0.05) is 0 Å². The standard InChI is InChI=1S/C12H8.C6H6O3S.HI/c1-2-6-10-9(5-1)11-7-3-4-8-12(10)11;7-10(8,9)6-4-2-1-3-5-6;/h1-8H;1-5H,(H,7,8,9);1H. The predicted octanol–water partition coefficient (Wildman–Crippen LogP) is 4.89. The molecule has 0 heterocycles. The monoisotopic (exact) mass is 438 g/mol. The zero-order valence-electron chi connectivity index (χ0n) is 12.1. The van der Waals surface area contributed by atoms with Crippen molar-refractivity contribution in [2.45, 2.75) is 4.90 Å². The van der Waals surface area contributed by atoms with Gasteiger partial charge in [-0.15, -0.1) is 24.0 Å². The van der Waals surface area contributed by atoms with Crippen LogP contribution in [0.2, 0.25) is 0 Å². The Morgan fingerprint density at radius 3 is 1.13 bits per heavy atom. The van der Waals surface area contributed by atoms with E-state index in [9.17, 15) is 8.42 Å². The molecule has 0 saturated carbocycles. The highest BCUT2D eigenvalue weighted by Gasteiger charge is 2.19. The van der Waals surface area contributed by atoms with E-state index in [0.717, 1.165) is 0 Å². The van der Waals surface area contributed by atoms with Crippen LogP contribution in [0.4, 0.5) is 0 Å². The molecule has 3 aromatic carbocycles. The molecule has 1 aliphatic carbocycles. The van der Waals surface area contributed by atoms with Crippen molar-refractivity contribution in [2.75, 3.05) is 0 Å². The van der Waals surface area contributed by atoms with Crippen LogP contribution in [0.1, 0.15) is 0 Å². The van der Waals surface area contributed by atoms with E-state index in [2.05, 4.69) is 48.5 Å². The Hall–Kier alpha value is -1.70. The van der Waals surface area contributed by atoms with Crippen molar-refractivity contribution >= 4 is 34.1 Å². The van der Waals surface area contributed by atoms with Crippen LogP contribution in [0.3, 0.4) is 0 Å². The van der Waals surface area contributed by atoms with E-state index in [1.54, 1.807) is 18.2 Å². The molecule has 0 aliphatic heterocycles. The summed E-state index contributed by atoms with van der Waals surface area (Å²) in [5.41, 5.74) is 5.59. The van der Waals surface area contributed by atoms with Crippen molar-refractivity contribution in [1.29, 1.82) is 0 Å². The number of hydrogen-bond donors (Lipinski definition) is 1. The Morgan fingerprint density at radius 2 is 0.870 bits per heavy atom. The molecule has 0 amide bonds. The summed E-state index contributed by atoms with van der Waals surface area (Å²) in [5, 5.41) is 0. The third kappa shape index (κ3) is 3.80. The summed E-state index contributed by atoms with van der Waals surface area (Å²) in [4.78, 5) is -0.0741. The zero-order chi connectivity index (χ0) is 15.6. The predicted molar refractivity (Wildman–Crippen MR) is 103 cm³/mol. The van der Waals surface area contributed by atoms with Gasteiger partial charge in [-0.2, -0.15) is 8.42 Å². The second-order valence-electron chi connectivity index (χ2n) is 4.88. The molecule has 0 radical (unpaired) electrons. The third-order valence-corrected chi connectivity index (χ3v) is 4.34. The van der Waals surface area contributed by atoms with E-state index < -0.39 is 10.1 Å². The maximum atomic E-state index is 10.4. The number of hydrogen-bond acceptors (Lipinski definition) is 2. The third-order valence-electron chi connectivity index (χ3n) is 3.48. The molecule has 1 N–H and O–H groups in total. The fourth-order valence-electron chi connectivity index (χ4n) is 2.44. The molecule has 3 aromatic rings. The summed E-state index contributed by atoms with van der Waals surface area (Å²) in [5.74, 6) is 0. The maximum Gasteiger partial charge on any atom is 0.294 e. The topological polar surface area (TPSA) is 54.4 Å². The molecule has 0 fully saturated rings. The number of fused-ring (bicyclic) bond motifs is 4. The fraction of sp³-hybridized carbons (Fsp3) is 0. The minimum atomic E-state index is -4.00. The van der Waals surface area contributed by atoms with E-state index in [1.165, 1.54) is 34.4 Å². The first-order valence-corrected chi connectivity index (χ1v) is 8.23. The largest absolute Gasteiger partial charge is 0.294 e. The van der Waals surface area contributed by atoms with Gasteiger partial charge in [-0.1, -0.05) is 66.7 Å². The van der Waals surface area contributed by atoms with Crippen LogP contribution in [-0.2, 0) is 10.1 Å². The summed E-state index contributed by atoms with van der Waals surface area (Å²) in [6, 6.07) is 24.5. The van der Waals surface area contributed by atoms with Crippen molar-refractivity contribution in [3.63, 3.8) is 0 Å². The molecule has 3 nitrogen and oxygen atoms in total. The highest BCUT2D eigenvalue weighted by molar-refractivity contribution is 14.0. The number of benzene rings is 3. The molecule has 4 rings (SSSR count). The Morgan fingerprint density at radius 1 is 0.565 bits per heavy atom. The molecular formula is C18H15IO3S. The summed E-state index contributed by atoms with van der Waals surface area (Å²) < 4.78 is 29.2. The summed E-state index contributed by atoms with van der Waals surface area (Å²) >= 11 is 0. The summed E-state index contributed by atoms with van der Waals surface area (Å²) in [6.07, 6.45) is 0. The second kappa shape index (κ2) is 7.25. The average molecular weight is 438 g/mol. The van der Waals surface area contributed by atoms with Gasteiger partial charge in [0.1, 0.15) is 0 Å². The van der Waals surface area contributed by atoms with E-state index >= 15 is 0 Å². The molecule has 1 aliphatic rings. The van der Waals surface area contributed by atoms with Crippen molar-refractivity contribution in [3.8, 4) is 22.3 Å². The molecule has 23 heavy (non-hydrogen) atoms. The lowest BCUT2D eigenvalue weighted by atomic mass is 9.81. The van der Waals surface area contributed by atoms with Crippen molar-refractivity contribution < 1.29 is 13.0 Å². The lowest BCUT2D eigenvalue weighted by molar-refractivity contribution is 0.483. The molecule has 0 saturated heterocycles. The van der Waals surface area contributed by atoms with E-state index in [4.69, 9.17) is 4.55 Å². The molecule has 0 spiro atoms. The van der Waals surface area contributed by atoms with Crippen LogP contribution >= 0.6 is 24.0 Å². The van der Waals surface area contributed by atoms with Gasteiger partial charge in [0.15, 0.2) is 0 Å². The normalized spacial score (nSPS) is 10.8. The molecule has 0 atom stereocenters. The molecule has 118 valence electrons. The van der Waals surface area contributed by atoms with Gasteiger partial charge < -0.3 is 0 Å². The molecule has 5 heteroatoms. The van der Waals surface area contributed by atoms with Gasteiger partial charge in [-0.25, -0.2) is 0 Å². The van der Waals surface area contributed by atoms with Crippen LogP contribution in [0, 0.1) is 0 Å².